The van der Waals surface area contributed by atoms with Gasteiger partial charge in [0, 0.05) is 0 Å². The van der Waals surface area contributed by atoms with Crippen LogP contribution >= 0.6 is 0 Å². The summed E-state index contributed by atoms with van der Waals surface area (Å²) in [5.41, 5.74) is 0.610. The number of hydrogen-bond donors (Lipinski definition) is 0. The van der Waals surface area contributed by atoms with Gasteiger partial charge in [-0.05, 0) is 23.7 Å². The van der Waals surface area contributed by atoms with Crippen molar-refractivity contribution in [3.05, 3.63) is 0 Å². The monoisotopic (exact) mass is 122 g/mol. The first-order chi connectivity index (χ1) is 4.08. The molecule has 0 aliphatic heterocycles. The van der Waals surface area contributed by atoms with Gasteiger partial charge in [-0.25, -0.2) is 0 Å². The Kier molecular flexibility index (Phi) is 1.62. The van der Waals surface area contributed by atoms with E-state index in [1.54, 1.807) is 0 Å². The van der Waals surface area contributed by atoms with Crippen molar-refractivity contribution in [1.82, 2.24) is 0 Å². The van der Waals surface area contributed by atoms with Crippen LogP contribution in [0.4, 0.5) is 0 Å². The second kappa shape index (κ2) is 2.03. The fourth-order valence-electron chi connectivity index (χ4n) is 1.64. The van der Waals surface area contributed by atoms with E-state index in [1.165, 1.54) is 6.42 Å². The summed E-state index contributed by atoms with van der Waals surface area (Å²) < 4.78 is 0. The smallest absolute Gasteiger partial charge is 0.0656 e. The quantitative estimate of drug-likeness (QED) is 0.492. The van der Waals surface area contributed by atoms with E-state index in [2.05, 4.69) is 20.8 Å². The van der Waals surface area contributed by atoms with Crippen molar-refractivity contribution in [2.24, 2.45) is 17.3 Å². The minimum Gasteiger partial charge on any atom is -0.0859 e. The van der Waals surface area contributed by atoms with Crippen LogP contribution in [0.3, 0.4) is 0 Å². The van der Waals surface area contributed by atoms with Crippen LogP contribution < -0.4 is 0 Å². The molecule has 1 aliphatic carbocycles. The molecule has 1 unspecified atom stereocenters. The summed E-state index contributed by atoms with van der Waals surface area (Å²) in [5, 5.41) is 0. The summed E-state index contributed by atoms with van der Waals surface area (Å²) >= 11 is 0. The zero-order chi connectivity index (χ0) is 7.07. The van der Waals surface area contributed by atoms with Crippen LogP contribution in [0.1, 0.15) is 27.2 Å². The maximum absolute atomic E-state index is 5.53. The maximum Gasteiger partial charge on any atom is 0.0656 e. The van der Waals surface area contributed by atoms with E-state index >= 15 is 0 Å². The average Bonchev–Trinajstić information content (AvgIpc) is 2.38. The van der Waals surface area contributed by atoms with E-state index in [1.807, 2.05) is 0 Å². The molecule has 0 nitrogen and oxygen atoms in total. The normalized spacial score (nSPS) is 33.9. The number of rotatable bonds is 2. The molecule has 1 saturated carbocycles. The van der Waals surface area contributed by atoms with Gasteiger partial charge in [-0.15, -0.1) is 0 Å². The Morgan fingerprint density at radius 2 is 2.11 bits per heavy atom. The van der Waals surface area contributed by atoms with Crippen molar-refractivity contribution in [2.75, 3.05) is 0 Å². The van der Waals surface area contributed by atoms with Gasteiger partial charge in [0.1, 0.15) is 0 Å². The summed E-state index contributed by atoms with van der Waals surface area (Å²) in [6, 6.07) is 0. The minimum atomic E-state index is 0.610. The lowest BCUT2D eigenvalue weighted by atomic mass is 9.86. The molecule has 0 aromatic heterocycles. The standard InChI is InChI=1S/C8H15B/c1-6(5-9)7-4-8(7,2)3/h6-7H,4-5H2,1-3H3/t6-,7?/m0/s1. The van der Waals surface area contributed by atoms with Gasteiger partial charge in [-0.2, -0.15) is 0 Å². The molecule has 50 valence electrons. The van der Waals surface area contributed by atoms with Crippen molar-refractivity contribution < 1.29 is 0 Å². The molecule has 0 saturated heterocycles. The molecular weight excluding hydrogens is 107 g/mol. The zero-order valence-corrected chi connectivity index (χ0v) is 6.65. The lowest BCUT2D eigenvalue weighted by Gasteiger charge is -2.09. The first-order valence-corrected chi connectivity index (χ1v) is 3.78. The molecule has 0 N–H and O–H groups in total. The van der Waals surface area contributed by atoms with Crippen molar-refractivity contribution >= 4 is 7.85 Å². The topological polar surface area (TPSA) is 0 Å². The van der Waals surface area contributed by atoms with Crippen molar-refractivity contribution in [3.63, 3.8) is 0 Å². The van der Waals surface area contributed by atoms with Crippen LogP contribution in [0.2, 0.25) is 6.32 Å². The SMILES string of the molecule is [B]C[C@H](C)C1CC1(C)C. The zero-order valence-electron chi connectivity index (χ0n) is 6.65. The van der Waals surface area contributed by atoms with E-state index in [9.17, 15) is 0 Å². The molecule has 1 heteroatoms. The highest BCUT2D eigenvalue weighted by Gasteiger charge is 2.47. The third-order valence-electron chi connectivity index (χ3n) is 2.65. The Hall–Kier alpha value is 0.0649. The van der Waals surface area contributed by atoms with Gasteiger partial charge < -0.3 is 0 Å². The first-order valence-electron chi connectivity index (χ1n) is 3.78. The van der Waals surface area contributed by atoms with Crippen LogP contribution in [0, 0.1) is 17.3 Å². The predicted octanol–water partition coefficient (Wildman–Crippen LogP) is 2.26. The van der Waals surface area contributed by atoms with Crippen LogP contribution in [0.25, 0.3) is 0 Å². The highest BCUT2D eigenvalue weighted by atomic mass is 14.5. The molecule has 2 atom stereocenters. The Bertz CT molecular complexity index is 107. The molecule has 0 heterocycles. The number of hydrogen-bond acceptors (Lipinski definition) is 0. The maximum atomic E-state index is 5.53. The fourth-order valence-corrected chi connectivity index (χ4v) is 1.64. The first kappa shape index (κ1) is 7.18. The highest BCUT2D eigenvalue weighted by Crippen LogP contribution is 2.56. The third kappa shape index (κ3) is 1.31. The molecule has 9 heavy (non-hydrogen) atoms. The molecule has 2 radical (unpaired) electrons. The van der Waals surface area contributed by atoms with E-state index < -0.39 is 0 Å². The Balaban J connectivity index is 2.33. The van der Waals surface area contributed by atoms with Crippen molar-refractivity contribution in [3.8, 4) is 0 Å². The molecule has 1 rings (SSSR count). The summed E-state index contributed by atoms with van der Waals surface area (Å²) in [6.07, 6.45) is 2.24. The van der Waals surface area contributed by atoms with Gasteiger partial charge in [-0.1, -0.05) is 27.1 Å². The molecule has 1 aliphatic rings. The van der Waals surface area contributed by atoms with Gasteiger partial charge in [-0.3, -0.25) is 0 Å². The van der Waals surface area contributed by atoms with Gasteiger partial charge in [0.25, 0.3) is 0 Å². The fraction of sp³-hybridized carbons (Fsp3) is 1.00. The van der Waals surface area contributed by atoms with Crippen LogP contribution in [0.15, 0.2) is 0 Å². The van der Waals surface area contributed by atoms with Crippen molar-refractivity contribution in [2.45, 2.75) is 33.5 Å². The van der Waals surface area contributed by atoms with Gasteiger partial charge in [0.15, 0.2) is 0 Å². The lowest BCUT2D eigenvalue weighted by Crippen LogP contribution is -2.01. The van der Waals surface area contributed by atoms with Crippen LogP contribution in [-0.2, 0) is 0 Å². The largest absolute Gasteiger partial charge is 0.0859 e. The highest BCUT2D eigenvalue weighted by molar-refractivity contribution is 6.08. The molecular formula is C8H15B. The molecule has 0 spiro atoms. The summed E-state index contributed by atoms with van der Waals surface area (Å²) in [5.74, 6) is 1.64. The summed E-state index contributed by atoms with van der Waals surface area (Å²) in [4.78, 5) is 0. The third-order valence-corrected chi connectivity index (χ3v) is 2.65. The Morgan fingerprint density at radius 1 is 1.67 bits per heavy atom. The second-order valence-corrected chi connectivity index (χ2v) is 4.01. The van der Waals surface area contributed by atoms with E-state index in [0.717, 1.165) is 18.2 Å². The Labute approximate surface area is 59.4 Å². The molecule has 0 bridgehead atoms. The average molecular weight is 122 g/mol. The van der Waals surface area contributed by atoms with Crippen LogP contribution in [0.5, 0.6) is 0 Å². The Morgan fingerprint density at radius 3 is 2.22 bits per heavy atom. The summed E-state index contributed by atoms with van der Waals surface area (Å²) in [6.45, 7) is 6.90. The molecule has 0 amide bonds. The minimum absolute atomic E-state index is 0.610. The van der Waals surface area contributed by atoms with Gasteiger partial charge in [0.05, 0.1) is 7.85 Å². The summed E-state index contributed by atoms with van der Waals surface area (Å²) in [7, 11) is 5.53. The van der Waals surface area contributed by atoms with E-state index in [-0.39, 0.29) is 0 Å². The van der Waals surface area contributed by atoms with E-state index in [0.29, 0.717) is 5.41 Å². The van der Waals surface area contributed by atoms with Gasteiger partial charge >= 0.3 is 0 Å². The molecule has 0 aromatic carbocycles. The van der Waals surface area contributed by atoms with Crippen molar-refractivity contribution in [1.29, 1.82) is 0 Å². The van der Waals surface area contributed by atoms with Gasteiger partial charge in [0.2, 0.25) is 0 Å². The predicted molar refractivity (Wildman–Crippen MR) is 41.6 cm³/mol. The second-order valence-electron chi connectivity index (χ2n) is 4.01. The van der Waals surface area contributed by atoms with Crippen LogP contribution in [-0.4, -0.2) is 7.85 Å². The lowest BCUT2D eigenvalue weighted by molar-refractivity contribution is 0.451. The van der Waals surface area contributed by atoms with E-state index in [4.69, 9.17) is 7.85 Å². The molecule has 1 fully saturated rings. The molecule has 0 aromatic rings.